The van der Waals surface area contributed by atoms with Crippen LogP contribution in [0, 0.1) is 11.3 Å². The van der Waals surface area contributed by atoms with E-state index in [1.807, 2.05) is 0 Å². The summed E-state index contributed by atoms with van der Waals surface area (Å²) in [6, 6.07) is 2.50. The molecule has 96 valence electrons. The Morgan fingerprint density at radius 2 is 2.06 bits per heavy atom. The van der Waals surface area contributed by atoms with Crippen molar-refractivity contribution in [1.29, 1.82) is 5.26 Å². The maximum Gasteiger partial charge on any atom is 0.109 e. The van der Waals surface area contributed by atoms with Crippen LogP contribution in [-0.2, 0) is 4.74 Å². The first-order chi connectivity index (χ1) is 8.28. The maximum atomic E-state index is 9.42. The summed E-state index contributed by atoms with van der Waals surface area (Å²) in [5.74, 6) is 0. The van der Waals surface area contributed by atoms with Crippen LogP contribution in [0.3, 0.4) is 0 Å². The largest absolute Gasteiger partial charge is 0.375 e. The highest BCUT2D eigenvalue weighted by atomic mass is 16.5. The van der Waals surface area contributed by atoms with Crippen molar-refractivity contribution in [2.24, 2.45) is 0 Å². The van der Waals surface area contributed by atoms with E-state index >= 15 is 0 Å². The molecule has 0 amide bonds. The summed E-state index contributed by atoms with van der Waals surface area (Å²) in [5, 5.41) is 12.9. The predicted octanol–water partition coefficient (Wildman–Crippen LogP) is 2.76. The van der Waals surface area contributed by atoms with Gasteiger partial charge in [-0.2, -0.15) is 5.26 Å². The number of hydrogen-bond donors (Lipinski definition) is 1. The number of nitrogens with zero attached hydrogens (tertiary/aromatic N) is 1. The number of nitriles is 1. The fourth-order valence-electron chi connectivity index (χ4n) is 2.79. The van der Waals surface area contributed by atoms with Gasteiger partial charge in [0.1, 0.15) is 5.54 Å². The van der Waals surface area contributed by atoms with E-state index in [2.05, 4.69) is 18.3 Å². The standard InChI is InChI=1S/C14H24N2O/c1-2-9-16-14(11-15)8-4-7-13(10-14)17-12-5-3-6-12/h12-13,16H,2-10H2,1H3. The van der Waals surface area contributed by atoms with Crippen LogP contribution in [0.5, 0.6) is 0 Å². The molecule has 0 saturated heterocycles. The summed E-state index contributed by atoms with van der Waals surface area (Å²) in [6.07, 6.45) is 9.73. The van der Waals surface area contributed by atoms with E-state index < -0.39 is 0 Å². The van der Waals surface area contributed by atoms with E-state index in [0.717, 1.165) is 38.6 Å². The van der Waals surface area contributed by atoms with Crippen molar-refractivity contribution in [2.75, 3.05) is 6.54 Å². The minimum absolute atomic E-state index is 0.304. The summed E-state index contributed by atoms with van der Waals surface area (Å²) in [5.41, 5.74) is -0.317. The summed E-state index contributed by atoms with van der Waals surface area (Å²) >= 11 is 0. The molecule has 0 aromatic heterocycles. The van der Waals surface area contributed by atoms with Gasteiger partial charge in [0, 0.05) is 6.42 Å². The summed E-state index contributed by atoms with van der Waals surface area (Å²) < 4.78 is 6.07. The molecule has 0 aromatic rings. The van der Waals surface area contributed by atoms with Crippen LogP contribution >= 0.6 is 0 Å². The van der Waals surface area contributed by atoms with Crippen molar-refractivity contribution in [2.45, 2.75) is 76.0 Å². The highest BCUT2D eigenvalue weighted by Crippen LogP contribution is 2.33. The Bertz CT molecular complexity index is 282. The molecule has 2 saturated carbocycles. The molecule has 2 aliphatic carbocycles. The zero-order chi connectivity index (χ0) is 12.1. The highest BCUT2D eigenvalue weighted by Gasteiger charge is 2.37. The van der Waals surface area contributed by atoms with Crippen LogP contribution in [0.25, 0.3) is 0 Å². The maximum absolute atomic E-state index is 9.42. The van der Waals surface area contributed by atoms with Crippen molar-refractivity contribution < 1.29 is 4.74 Å². The van der Waals surface area contributed by atoms with E-state index in [1.165, 1.54) is 19.3 Å². The normalized spacial score (nSPS) is 34.0. The summed E-state index contributed by atoms with van der Waals surface area (Å²) in [6.45, 7) is 3.08. The van der Waals surface area contributed by atoms with Gasteiger partial charge in [-0.3, -0.25) is 5.32 Å². The average Bonchev–Trinajstić information content (AvgIpc) is 2.32. The van der Waals surface area contributed by atoms with Crippen LogP contribution in [0.15, 0.2) is 0 Å². The third-order valence-electron chi connectivity index (χ3n) is 4.07. The molecule has 0 aromatic carbocycles. The van der Waals surface area contributed by atoms with Gasteiger partial charge in [-0.25, -0.2) is 0 Å². The third-order valence-corrected chi connectivity index (χ3v) is 4.07. The molecule has 0 spiro atoms. The second-order valence-electron chi connectivity index (χ2n) is 5.53. The second-order valence-corrected chi connectivity index (χ2v) is 5.53. The molecule has 2 atom stereocenters. The fraction of sp³-hybridized carbons (Fsp3) is 0.929. The SMILES string of the molecule is CCCNC1(C#N)CCCC(OC2CCC2)C1. The lowest BCUT2D eigenvalue weighted by atomic mass is 9.80. The van der Waals surface area contributed by atoms with Crippen LogP contribution in [0.4, 0.5) is 0 Å². The zero-order valence-corrected chi connectivity index (χ0v) is 10.9. The van der Waals surface area contributed by atoms with Crippen molar-refractivity contribution >= 4 is 0 Å². The Labute approximate surface area is 105 Å². The number of rotatable bonds is 5. The van der Waals surface area contributed by atoms with Gasteiger partial charge < -0.3 is 4.74 Å². The molecule has 2 unspecified atom stereocenters. The number of nitrogens with one attached hydrogen (secondary N) is 1. The number of hydrogen-bond acceptors (Lipinski definition) is 3. The third kappa shape index (κ3) is 3.20. The second kappa shape index (κ2) is 5.84. The first-order valence-corrected chi connectivity index (χ1v) is 7.10. The molecule has 2 fully saturated rings. The molecular weight excluding hydrogens is 212 g/mol. The zero-order valence-electron chi connectivity index (χ0n) is 10.9. The molecule has 3 nitrogen and oxygen atoms in total. The Kier molecular flexibility index (Phi) is 4.42. The molecule has 17 heavy (non-hydrogen) atoms. The van der Waals surface area contributed by atoms with Gasteiger partial charge in [0.15, 0.2) is 0 Å². The van der Waals surface area contributed by atoms with Gasteiger partial charge in [-0.1, -0.05) is 6.92 Å². The van der Waals surface area contributed by atoms with Gasteiger partial charge in [0.2, 0.25) is 0 Å². The summed E-state index contributed by atoms with van der Waals surface area (Å²) in [7, 11) is 0. The lowest BCUT2D eigenvalue weighted by molar-refractivity contribution is -0.0740. The molecule has 1 N–H and O–H groups in total. The minimum Gasteiger partial charge on any atom is -0.375 e. The lowest BCUT2D eigenvalue weighted by Gasteiger charge is -2.39. The molecule has 2 aliphatic rings. The minimum atomic E-state index is -0.317. The molecule has 3 heteroatoms. The topological polar surface area (TPSA) is 45.0 Å². The average molecular weight is 236 g/mol. The summed E-state index contributed by atoms with van der Waals surface area (Å²) in [4.78, 5) is 0. The molecule has 0 radical (unpaired) electrons. The quantitative estimate of drug-likeness (QED) is 0.798. The van der Waals surface area contributed by atoms with E-state index in [0.29, 0.717) is 12.2 Å². The Hall–Kier alpha value is -0.590. The van der Waals surface area contributed by atoms with Crippen LogP contribution in [0.1, 0.15) is 58.3 Å². The van der Waals surface area contributed by atoms with E-state index in [-0.39, 0.29) is 5.54 Å². The fourth-order valence-corrected chi connectivity index (χ4v) is 2.79. The molecule has 2 rings (SSSR count). The predicted molar refractivity (Wildman–Crippen MR) is 67.6 cm³/mol. The van der Waals surface area contributed by atoms with Crippen LogP contribution in [0.2, 0.25) is 0 Å². The first-order valence-electron chi connectivity index (χ1n) is 7.10. The Balaban J connectivity index is 1.86. The van der Waals surface area contributed by atoms with E-state index in [1.54, 1.807) is 0 Å². The van der Waals surface area contributed by atoms with Crippen molar-refractivity contribution in [3.05, 3.63) is 0 Å². The lowest BCUT2D eigenvalue weighted by Crippen LogP contribution is -2.50. The van der Waals surface area contributed by atoms with Crippen LogP contribution in [-0.4, -0.2) is 24.3 Å². The van der Waals surface area contributed by atoms with Gasteiger partial charge in [-0.15, -0.1) is 0 Å². The monoisotopic (exact) mass is 236 g/mol. The van der Waals surface area contributed by atoms with Crippen molar-refractivity contribution in [3.63, 3.8) is 0 Å². The first kappa shape index (κ1) is 12.9. The number of ether oxygens (including phenoxy) is 1. The molecular formula is C14H24N2O. The highest BCUT2D eigenvalue weighted by molar-refractivity contribution is 5.10. The Morgan fingerprint density at radius 1 is 1.29 bits per heavy atom. The van der Waals surface area contributed by atoms with Gasteiger partial charge in [0.05, 0.1) is 18.3 Å². The Morgan fingerprint density at radius 3 is 2.65 bits per heavy atom. The van der Waals surface area contributed by atoms with Gasteiger partial charge in [0.25, 0.3) is 0 Å². The van der Waals surface area contributed by atoms with E-state index in [9.17, 15) is 5.26 Å². The smallest absolute Gasteiger partial charge is 0.109 e. The van der Waals surface area contributed by atoms with Crippen molar-refractivity contribution in [1.82, 2.24) is 5.32 Å². The van der Waals surface area contributed by atoms with Gasteiger partial charge >= 0.3 is 0 Å². The van der Waals surface area contributed by atoms with Crippen molar-refractivity contribution in [3.8, 4) is 6.07 Å². The van der Waals surface area contributed by atoms with E-state index in [4.69, 9.17) is 4.74 Å². The van der Waals surface area contributed by atoms with Gasteiger partial charge in [-0.05, 0) is 51.5 Å². The van der Waals surface area contributed by atoms with Crippen LogP contribution < -0.4 is 5.32 Å². The molecule has 0 heterocycles. The molecule has 0 aliphatic heterocycles. The molecule has 0 bridgehead atoms.